The number of nitrogen functional groups attached to an aromatic ring is 1. The molecular formula is C35H36F3N5O3. The standard InChI is InChI=1S/C35H36F3N5O3/c1-21-8-9-24(16-22(21)2)25-10-11-26(27(17-25)23-6-4-3-5-7-23)31(35(36,37)38)46-30-18-29(41-33(39)42-30)43-14-12-34(13-15-43)19-28(32(44)45)40-20-34/h3-11,16-18,28,31,40H,12-15,19-20H2,1-2H3,(H,44,45)(H2,39,41,42)/t28-,31+/m0/s1. The SMILES string of the molecule is Cc1ccc(-c2ccc([C@@H](Oc3cc(N4CCC5(CC4)CN[C@H](C(=O)O)C5)nc(N)n3)C(F)(F)F)c(-c3ccccc3)c2)cc1C. The number of ether oxygens (including phenoxy) is 1. The molecule has 4 aromatic rings. The number of carboxylic acids is 1. The van der Waals surface area contributed by atoms with Gasteiger partial charge >= 0.3 is 12.1 Å². The van der Waals surface area contributed by atoms with Crippen LogP contribution in [0, 0.1) is 19.3 Å². The molecule has 2 fully saturated rings. The van der Waals surface area contributed by atoms with Gasteiger partial charge in [-0.2, -0.15) is 23.1 Å². The quantitative estimate of drug-likeness (QED) is 0.206. The van der Waals surface area contributed by atoms with Crippen LogP contribution in [-0.4, -0.2) is 52.9 Å². The van der Waals surface area contributed by atoms with Crippen molar-refractivity contribution in [1.82, 2.24) is 15.3 Å². The molecule has 240 valence electrons. The number of benzene rings is 3. The highest BCUT2D eigenvalue weighted by molar-refractivity contribution is 5.76. The van der Waals surface area contributed by atoms with E-state index < -0.39 is 24.3 Å². The third-order valence-electron chi connectivity index (χ3n) is 9.31. The van der Waals surface area contributed by atoms with Crippen molar-refractivity contribution in [1.29, 1.82) is 0 Å². The highest BCUT2D eigenvalue weighted by Gasteiger charge is 2.46. The first-order valence-corrected chi connectivity index (χ1v) is 15.3. The molecule has 0 amide bonds. The Balaban J connectivity index is 1.31. The van der Waals surface area contributed by atoms with Gasteiger partial charge in [0.1, 0.15) is 11.9 Å². The number of piperidine rings is 1. The summed E-state index contributed by atoms with van der Waals surface area (Å²) in [7, 11) is 0. The Kier molecular flexibility index (Phi) is 8.37. The zero-order valence-electron chi connectivity index (χ0n) is 25.6. The molecule has 0 radical (unpaired) electrons. The van der Waals surface area contributed by atoms with Crippen LogP contribution in [0.5, 0.6) is 5.88 Å². The molecule has 6 rings (SSSR count). The fourth-order valence-corrected chi connectivity index (χ4v) is 6.52. The maximum Gasteiger partial charge on any atom is 0.429 e. The van der Waals surface area contributed by atoms with Gasteiger partial charge in [0.25, 0.3) is 0 Å². The fraction of sp³-hybridized carbons (Fsp3) is 0.343. The highest BCUT2D eigenvalue weighted by Crippen LogP contribution is 2.44. The van der Waals surface area contributed by atoms with Gasteiger partial charge in [-0.3, -0.25) is 4.79 Å². The van der Waals surface area contributed by atoms with Crippen LogP contribution in [0.3, 0.4) is 0 Å². The molecule has 3 aromatic carbocycles. The second kappa shape index (κ2) is 12.3. The first-order valence-electron chi connectivity index (χ1n) is 15.3. The lowest BCUT2D eigenvalue weighted by Gasteiger charge is -2.39. The third-order valence-corrected chi connectivity index (χ3v) is 9.31. The molecule has 2 aliphatic heterocycles. The van der Waals surface area contributed by atoms with Crippen LogP contribution in [0.15, 0.2) is 72.8 Å². The monoisotopic (exact) mass is 631 g/mol. The van der Waals surface area contributed by atoms with E-state index in [1.807, 2.05) is 43.0 Å². The third kappa shape index (κ3) is 6.50. The first-order chi connectivity index (χ1) is 21.9. The van der Waals surface area contributed by atoms with Crippen LogP contribution >= 0.6 is 0 Å². The van der Waals surface area contributed by atoms with Crippen molar-refractivity contribution in [3.8, 4) is 28.1 Å². The predicted molar refractivity (Wildman–Crippen MR) is 171 cm³/mol. The summed E-state index contributed by atoms with van der Waals surface area (Å²) < 4.78 is 50.3. The number of hydrogen-bond donors (Lipinski definition) is 3. The second-order valence-electron chi connectivity index (χ2n) is 12.4. The number of nitrogens with one attached hydrogen (secondary N) is 1. The van der Waals surface area contributed by atoms with Crippen LogP contribution in [0.25, 0.3) is 22.3 Å². The molecule has 8 nitrogen and oxygen atoms in total. The highest BCUT2D eigenvalue weighted by atomic mass is 19.4. The van der Waals surface area contributed by atoms with E-state index in [-0.39, 0.29) is 22.8 Å². The molecule has 1 spiro atoms. The topological polar surface area (TPSA) is 114 Å². The maximum absolute atomic E-state index is 14.9. The summed E-state index contributed by atoms with van der Waals surface area (Å²) in [6.07, 6.45) is -5.15. The number of nitrogens with two attached hydrogens (primary N) is 1. The molecule has 0 bridgehead atoms. The summed E-state index contributed by atoms with van der Waals surface area (Å²) in [5, 5.41) is 12.5. The van der Waals surface area contributed by atoms with Gasteiger partial charge in [0, 0.05) is 31.3 Å². The molecular weight excluding hydrogens is 595 g/mol. The Labute approximate surface area is 265 Å². The van der Waals surface area contributed by atoms with Gasteiger partial charge in [0.2, 0.25) is 17.9 Å². The number of rotatable bonds is 7. The summed E-state index contributed by atoms with van der Waals surface area (Å²) in [5.74, 6) is -0.974. The van der Waals surface area contributed by atoms with Crippen LogP contribution in [-0.2, 0) is 4.79 Å². The van der Waals surface area contributed by atoms with Crippen molar-refractivity contribution < 1.29 is 27.8 Å². The first kappa shape index (κ1) is 31.3. The van der Waals surface area contributed by atoms with Crippen molar-refractivity contribution in [2.75, 3.05) is 30.3 Å². The molecule has 11 heteroatoms. The van der Waals surface area contributed by atoms with Gasteiger partial charge in [-0.15, -0.1) is 0 Å². The van der Waals surface area contributed by atoms with Crippen LogP contribution in [0.2, 0.25) is 0 Å². The Bertz CT molecular complexity index is 1740. The van der Waals surface area contributed by atoms with Crippen LogP contribution < -0.4 is 20.7 Å². The Morgan fingerprint density at radius 3 is 2.33 bits per heavy atom. The summed E-state index contributed by atoms with van der Waals surface area (Å²) in [4.78, 5) is 21.7. The van der Waals surface area contributed by atoms with Gasteiger partial charge in [-0.25, -0.2) is 0 Å². The van der Waals surface area contributed by atoms with Gasteiger partial charge in [0.15, 0.2) is 0 Å². The predicted octanol–water partition coefficient (Wildman–Crippen LogP) is 6.73. The number of alkyl halides is 3. The van der Waals surface area contributed by atoms with E-state index in [1.165, 1.54) is 12.1 Å². The number of aliphatic carboxylic acids is 1. The van der Waals surface area contributed by atoms with Crippen LogP contribution in [0.1, 0.15) is 42.1 Å². The molecule has 0 unspecified atom stereocenters. The molecule has 2 atom stereocenters. The lowest BCUT2D eigenvalue weighted by Crippen LogP contribution is -2.41. The summed E-state index contributed by atoms with van der Waals surface area (Å²) >= 11 is 0. The molecule has 2 aliphatic rings. The molecule has 4 N–H and O–H groups in total. The van der Waals surface area contributed by atoms with E-state index >= 15 is 0 Å². The van der Waals surface area contributed by atoms with E-state index in [0.717, 1.165) is 22.3 Å². The zero-order chi connectivity index (χ0) is 32.6. The van der Waals surface area contributed by atoms with Crippen molar-refractivity contribution >= 4 is 17.7 Å². The summed E-state index contributed by atoms with van der Waals surface area (Å²) in [6.45, 7) is 5.72. The average molecular weight is 632 g/mol. The van der Waals surface area contributed by atoms with E-state index in [4.69, 9.17) is 10.5 Å². The number of anilines is 2. The van der Waals surface area contributed by atoms with E-state index in [1.54, 1.807) is 36.4 Å². The molecule has 0 saturated carbocycles. The lowest BCUT2D eigenvalue weighted by molar-refractivity contribution is -0.198. The van der Waals surface area contributed by atoms with Gasteiger partial charge in [-0.05, 0) is 78.0 Å². The Morgan fingerprint density at radius 1 is 0.978 bits per heavy atom. The zero-order valence-corrected chi connectivity index (χ0v) is 25.6. The van der Waals surface area contributed by atoms with Crippen molar-refractivity contribution in [2.45, 2.75) is 51.4 Å². The number of carboxylic acid groups (broad SMARTS) is 1. The molecule has 2 saturated heterocycles. The smallest absolute Gasteiger partial charge is 0.429 e. The normalized spacial score (nSPS) is 18.5. The van der Waals surface area contributed by atoms with Crippen molar-refractivity contribution in [3.05, 3.63) is 89.5 Å². The second-order valence-corrected chi connectivity index (χ2v) is 12.4. The van der Waals surface area contributed by atoms with Gasteiger partial charge in [0.05, 0.1) is 0 Å². The fourth-order valence-electron chi connectivity index (χ4n) is 6.52. The number of aryl methyl sites for hydroxylation is 2. The van der Waals surface area contributed by atoms with Gasteiger partial charge < -0.3 is 25.8 Å². The Hall–Kier alpha value is -4.64. The number of carbonyl (C=O) groups is 1. The largest absolute Gasteiger partial charge is 0.480 e. The molecule has 46 heavy (non-hydrogen) atoms. The van der Waals surface area contributed by atoms with Crippen LogP contribution in [0.4, 0.5) is 24.9 Å². The van der Waals surface area contributed by atoms with E-state index in [2.05, 4.69) is 15.3 Å². The minimum atomic E-state index is -4.78. The molecule has 3 heterocycles. The number of halogens is 3. The number of nitrogens with zero attached hydrogens (tertiary/aromatic N) is 3. The molecule has 0 aliphatic carbocycles. The van der Waals surface area contributed by atoms with Crippen molar-refractivity contribution in [2.24, 2.45) is 5.41 Å². The minimum absolute atomic E-state index is 0.0494. The maximum atomic E-state index is 14.9. The number of hydrogen-bond acceptors (Lipinski definition) is 7. The van der Waals surface area contributed by atoms with Gasteiger partial charge in [-0.1, -0.05) is 60.7 Å². The number of aromatic nitrogens is 2. The lowest BCUT2D eigenvalue weighted by atomic mass is 9.76. The van der Waals surface area contributed by atoms with E-state index in [9.17, 15) is 23.1 Å². The summed E-state index contributed by atoms with van der Waals surface area (Å²) in [6, 6.07) is 20.7. The summed E-state index contributed by atoms with van der Waals surface area (Å²) in [5.41, 5.74) is 10.7. The Morgan fingerprint density at radius 2 is 1.67 bits per heavy atom. The minimum Gasteiger partial charge on any atom is -0.480 e. The van der Waals surface area contributed by atoms with E-state index in [0.29, 0.717) is 55.8 Å². The average Bonchev–Trinajstić information content (AvgIpc) is 3.45. The molecule has 1 aromatic heterocycles. The van der Waals surface area contributed by atoms with Crippen molar-refractivity contribution in [3.63, 3.8) is 0 Å².